The molecular weight excluding hydrogens is 1810 g/mol. The van der Waals surface area contributed by atoms with Gasteiger partial charge in [-0.3, -0.25) is 0 Å². The van der Waals surface area contributed by atoms with E-state index in [1.807, 2.05) is 0 Å². The van der Waals surface area contributed by atoms with Gasteiger partial charge in [0, 0.05) is 54.9 Å². The number of para-hydroxylation sites is 3. The lowest BCUT2D eigenvalue weighted by Gasteiger charge is -2.34. The minimum absolute atomic E-state index is 0.445. The second-order valence-corrected chi connectivity index (χ2v) is 39.8. The summed E-state index contributed by atoms with van der Waals surface area (Å²) in [6.07, 6.45) is 0. The first kappa shape index (κ1) is 88.4. The quantitative estimate of drug-likeness (QED) is 0.0972. The molecule has 150 heavy (non-hydrogen) atoms. The van der Waals surface area contributed by atoms with Crippen LogP contribution in [0.3, 0.4) is 0 Å². The molecule has 0 amide bonds. The monoisotopic (exact) mass is 1910 g/mol. The summed E-state index contributed by atoms with van der Waals surface area (Å²) in [6.45, 7) is 0. The predicted octanol–water partition coefficient (Wildman–Crippen LogP) is 37.4. The van der Waals surface area contributed by atoms with Gasteiger partial charge >= 0.3 is 0 Å². The number of hydrogen-bond donors (Lipinski definition) is 0. The second kappa shape index (κ2) is 36.8. The van der Waals surface area contributed by atoms with E-state index in [1.165, 1.54) is 232 Å². The molecule has 0 bridgehead atoms. The number of nitrogens with zero attached hydrogens (tertiary/aromatic N) is 3. The highest BCUT2D eigenvalue weighted by molar-refractivity contribution is 6.20. The molecule has 3 heteroatoms. The molecule has 0 fully saturated rings. The third-order valence-electron chi connectivity index (χ3n) is 31.9. The maximum Gasteiger partial charge on any atom is 0.0720 e. The maximum atomic E-state index is 2.53. The average molecular weight is 1910 g/mol. The zero-order valence-corrected chi connectivity index (χ0v) is 82.5. The highest BCUT2D eigenvalue weighted by Crippen LogP contribution is 2.64. The summed E-state index contributed by atoms with van der Waals surface area (Å²) in [5.74, 6) is 0. The van der Waals surface area contributed by atoms with Crippen molar-refractivity contribution in [3.8, 4) is 117 Å². The second-order valence-electron chi connectivity index (χ2n) is 39.8. The molecule has 0 radical (unpaired) electrons. The van der Waals surface area contributed by atoms with E-state index >= 15 is 0 Å². The molecule has 0 N–H and O–H groups in total. The molecule has 3 nitrogen and oxygen atoms in total. The van der Waals surface area contributed by atoms with Crippen LogP contribution in [0, 0.1) is 0 Å². The van der Waals surface area contributed by atoms with Crippen LogP contribution in [-0.4, -0.2) is 13.7 Å². The van der Waals surface area contributed by atoms with Crippen LogP contribution < -0.4 is 0 Å². The Labute approximate surface area is 873 Å². The highest BCUT2D eigenvalue weighted by atomic mass is 15.0. The van der Waals surface area contributed by atoms with Crippen LogP contribution in [0.15, 0.2) is 601 Å². The van der Waals surface area contributed by atoms with Gasteiger partial charge in [0.2, 0.25) is 0 Å². The number of hydrogen-bond acceptors (Lipinski definition) is 0. The smallest absolute Gasteiger partial charge is 0.0720 e. The Bertz CT molecular complexity index is 9510. The summed E-state index contributed by atoms with van der Waals surface area (Å²) < 4.78 is 7.51. The van der Waals surface area contributed by atoms with Crippen LogP contribution in [0.4, 0.5) is 0 Å². The van der Waals surface area contributed by atoms with Crippen LogP contribution in [0.5, 0.6) is 0 Å². The van der Waals surface area contributed by atoms with Crippen molar-refractivity contribution in [1.29, 1.82) is 0 Å². The van der Waals surface area contributed by atoms with Gasteiger partial charge in [-0.05, 0) is 246 Å². The Balaban J connectivity index is 0.000000108. The summed E-state index contributed by atoms with van der Waals surface area (Å²) in [5, 5.41) is 7.63. The van der Waals surface area contributed by atoms with Crippen molar-refractivity contribution in [3.63, 3.8) is 0 Å². The van der Waals surface area contributed by atoms with Crippen LogP contribution in [-0.2, 0) is 16.2 Å². The zero-order valence-electron chi connectivity index (χ0n) is 82.5. The van der Waals surface area contributed by atoms with Gasteiger partial charge in [-0.1, -0.05) is 516 Å². The fourth-order valence-electron chi connectivity index (χ4n) is 25.8. The van der Waals surface area contributed by atoms with Crippen molar-refractivity contribution in [2.24, 2.45) is 0 Å². The van der Waals surface area contributed by atoms with E-state index in [-0.39, 0.29) is 0 Å². The van der Waals surface area contributed by atoms with Crippen molar-refractivity contribution >= 4 is 65.4 Å². The SMILES string of the molecule is c1ccc(-c2cc(-c3ccccc3)cc(-n3c4ccccc4c4c5c(ccc43)-c3ccccc3C5(c3ccccc3)c3ccccc3)c2)cc1.c1ccc(-c2cc(-c3ccccc3)cc(-n3c4ccccc4c4c5c(ccc43)C(c3ccccc3)(c3ccccc3)c3ccccc3-5)c2)cc1.c1ccc(-c2cc(-c3ccccc3)cc(-n3c4ccccc4c4ccc5c(c43)-c3ccccc3C5(c3ccccc3)c3ccccc3)c2)cc1. The minimum Gasteiger partial charge on any atom is -0.309 e. The molecular formula is C147H99N3. The third kappa shape index (κ3) is 14.1. The lowest BCUT2D eigenvalue weighted by atomic mass is 9.67. The Morgan fingerprint density at radius 1 is 0.133 bits per heavy atom. The van der Waals surface area contributed by atoms with Gasteiger partial charge in [0.05, 0.1) is 49.3 Å². The molecule has 0 atom stereocenters. The van der Waals surface area contributed by atoms with Gasteiger partial charge in [0.1, 0.15) is 0 Å². The molecule has 3 heterocycles. The number of fused-ring (bicyclic) bond motifs is 21. The van der Waals surface area contributed by atoms with Gasteiger partial charge in [-0.15, -0.1) is 0 Å². The molecule has 0 saturated heterocycles. The molecule has 0 spiro atoms. The molecule has 30 rings (SSSR count). The Morgan fingerprint density at radius 2 is 0.387 bits per heavy atom. The van der Waals surface area contributed by atoms with E-state index in [0.29, 0.717) is 0 Å². The van der Waals surface area contributed by atoms with Crippen molar-refractivity contribution in [2.75, 3.05) is 0 Å². The predicted molar refractivity (Wildman–Crippen MR) is 627 cm³/mol. The lowest BCUT2D eigenvalue weighted by molar-refractivity contribution is 0.769. The first-order valence-electron chi connectivity index (χ1n) is 52.1. The number of rotatable bonds is 15. The Morgan fingerprint density at radius 3 is 0.753 bits per heavy atom. The van der Waals surface area contributed by atoms with Gasteiger partial charge in [-0.25, -0.2) is 0 Å². The van der Waals surface area contributed by atoms with E-state index in [0.717, 1.165) is 17.1 Å². The fraction of sp³-hybridized carbons (Fsp3) is 0.0204. The summed E-state index contributed by atoms with van der Waals surface area (Å²) in [6, 6.07) is 220. The average Bonchev–Trinajstić information content (AvgIpc) is 1.52. The van der Waals surface area contributed by atoms with Crippen molar-refractivity contribution < 1.29 is 0 Å². The molecule has 0 saturated carbocycles. The Hall–Kier alpha value is -19.3. The van der Waals surface area contributed by atoms with E-state index in [9.17, 15) is 0 Å². The zero-order chi connectivity index (χ0) is 99.2. The van der Waals surface area contributed by atoms with Gasteiger partial charge in [-0.2, -0.15) is 0 Å². The van der Waals surface area contributed by atoms with Crippen molar-refractivity contribution in [2.45, 2.75) is 16.2 Å². The van der Waals surface area contributed by atoms with E-state index in [4.69, 9.17) is 0 Å². The molecule has 3 aliphatic rings. The topological polar surface area (TPSA) is 14.8 Å². The minimum atomic E-state index is -0.496. The standard InChI is InChI=1S/3C49H33N/c1-5-17-34(18-6-1)36-31-37(35-19-7-2-8-20-35)33-40(32-36)50-46-28-16-14-25-41(46)42-29-30-45-47(48(42)50)43-26-13-15-27-44(43)49(45,38-21-9-3-10-22-38)39-23-11-4-12-24-39;1-5-17-34(18-6-1)36-31-37(35-19-7-2-8-20-35)33-40(32-36)50-45-28-16-14-26-43(45)47-46(50)30-29-42-41-25-13-15-27-44(41)49(48(42)47,38-21-9-3-10-22-38)39-23-11-4-12-24-39;1-5-17-34(18-6-1)36-31-37(35-19-7-2-8-20-35)33-40(32-36)50-45-28-16-14-26-42(45)48-46(50)30-29-44-47(48)41-25-13-15-27-43(41)49(44,38-21-9-3-10-22-38)39-23-11-4-12-24-39/h3*1-33H. The largest absolute Gasteiger partial charge is 0.309 e. The van der Waals surface area contributed by atoms with Gasteiger partial charge in [0.25, 0.3) is 0 Å². The molecule has 24 aromatic carbocycles. The molecule has 0 unspecified atom stereocenters. The number of aromatic nitrogens is 3. The fourth-order valence-corrected chi connectivity index (χ4v) is 25.8. The summed E-state index contributed by atoms with van der Waals surface area (Å²) in [7, 11) is 0. The molecule has 702 valence electrons. The third-order valence-corrected chi connectivity index (χ3v) is 31.9. The first-order valence-corrected chi connectivity index (χ1v) is 52.1. The van der Waals surface area contributed by atoms with E-state index in [1.54, 1.807) is 0 Å². The molecule has 0 aliphatic heterocycles. The van der Waals surface area contributed by atoms with Gasteiger partial charge < -0.3 is 13.7 Å². The van der Waals surface area contributed by atoms with Crippen molar-refractivity contribution in [1.82, 2.24) is 13.7 Å². The summed E-state index contributed by atoms with van der Waals surface area (Å²) in [5.41, 5.74) is 47.2. The number of benzene rings is 24. The molecule has 3 aromatic heterocycles. The van der Waals surface area contributed by atoms with Crippen molar-refractivity contribution in [3.05, 3.63) is 667 Å². The summed E-state index contributed by atoms with van der Waals surface area (Å²) in [4.78, 5) is 0. The van der Waals surface area contributed by atoms with Gasteiger partial charge in [0.15, 0.2) is 0 Å². The maximum absolute atomic E-state index is 2.53. The van der Waals surface area contributed by atoms with Crippen LogP contribution in [0.2, 0.25) is 0 Å². The van der Waals surface area contributed by atoms with Crippen LogP contribution >= 0.6 is 0 Å². The highest BCUT2D eigenvalue weighted by Gasteiger charge is 2.51. The molecule has 27 aromatic rings. The van der Waals surface area contributed by atoms with E-state index in [2.05, 4.69) is 614 Å². The van der Waals surface area contributed by atoms with E-state index < -0.39 is 16.2 Å². The summed E-state index contributed by atoms with van der Waals surface area (Å²) >= 11 is 0. The van der Waals surface area contributed by atoms with Crippen LogP contribution in [0.1, 0.15) is 66.8 Å². The molecule has 3 aliphatic carbocycles. The first-order chi connectivity index (χ1) is 74.5. The lowest BCUT2D eigenvalue weighted by Crippen LogP contribution is -2.28. The normalized spacial score (nSPS) is 13.0. The Kier molecular flexibility index (Phi) is 21.7. The van der Waals surface area contributed by atoms with Crippen LogP contribution in [0.25, 0.3) is 183 Å².